The molecule has 1 unspecified atom stereocenters. The monoisotopic (exact) mass is 221 g/mol. The number of aliphatic carboxylic acids is 1. The highest BCUT2D eigenvalue weighted by molar-refractivity contribution is 5.69. The summed E-state index contributed by atoms with van der Waals surface area (Å²) in [6.07, 6.45) is 0. The van der Waals surface area contributed by atoms with E-state index in [9.17, 15) is 4.79 Å². The van der Waals surface area contributed by atoms with Crippen LogP contribution >= 0.6 is 0 Å². The summed E-state index contributed by atoms with van der Waals surface area (Å²) in [5.41, 5.74) is 4.86. The Morgan fingerprint density at radius 3 is 2.25 bits per heavy atom. The summed E-state index contributed by atoms with van der Waals surface area (Å²) in [5.74, 6) is -0.825. The van der Waals surface area contributed by atoms with E-state index in [0.29, 0.717) is 0 Å². The standard InChI is InChI=1S/C13H19NO2/c1-8-5-9(2)13(10(3)6-8)11(4)14-7-12(15)16/h5-6,11,14H,7H2,1-4H3,(H,15,16). The SMILES string of the molecule is Cc1cc(C)c(C(C)NCC(=O)O)c(C)c1. The Morgan fingerprint density at radius 1 is 1.31 bits per heavy atom. The lowest BCUT2D eigenvalue weighted by atomic mass is 9.95. The van der Waals surface area contributed by atoms with Crippen molar-refractivity contribution in [2.45, 2.75) is 33.7 Å². The molecule has 1 aromatic rings. The van der Waals surface area contributed by atoms with Gasteiger partial charge >= 0.3 is 5.97 Å². The maximum atomic E-state index is 10.5. The molecule has 2 N–H and O–H groups in total. The van der Waals surface area contributed by atoms with Crippen molar-refractivity contribution in [3.05, 3.63) is 34.4 Å². The van der Waals surface area contributed by atoms with Crippen molar-refractivity contribution in [2.75, 3.05) is 6.54 Å². The molecule has 3 nitrogen and oxygen atoms in total. The first-order valence-electron chi connectivity index (χ1n) is 5.44. The van der Waals surface area contributed by atoms with Gasteiger partial charge in [-0.15, -0.1) is 0 Å². The van der Waals surface area contributed by atoms with Crippen LogP contribution in [0.2, 0.25) is 0 Å². The first-order chi connectivity index (χ1) is 7.41. The molecule has 0 heterocycles. The Labute approximate surface area is 96.5 Å². The fourth-order valence-corrected chi connectivity index (χ4v) is 2.22. The topological polar surface area (TPSA) is 49.3 Å². The van der Waals surface area contributed by atoms with Gasteiger partial charge in [0.25, 0.3) is 0 Å². The van der Waals surface area contributed by atoms with Gasteiger partial charge in [-0.3, -0.25) is 4.79 Å². The summed E-state index contributed by atoms with van der Waals surface area (Å²) in [7, 11) is 0. The predicted molar refractivity (Wildman–Crippen MR) is 64.7 cm³/mol. The Bertz CT molecular complexity index is 376. The van der Waals surface area contributed by atoms with Crippen LogP contribution in [0.15, 0.2) is 12.1 Å². The van der Waals surface area contributed by atoms with Gasteiger partial charge in [-0.1, -0.05) is 17.7 Å². The highest BCUT2D eigenvalue weighted by atomic mass is 16.4. The molecule has 88 valence electrons. The first kappa shape index (κ1) is 12.7. The van der Waals surface area contributed by atoms with Gasteiger partial charge in [-0.2, -0.15) is 0 Å². The number of carbonyl (C=O) groups is 1. The van der Waals surface area contributed by atoms with Gasteiger partial charge < -0.3 is 10.4 Å². The lowest BCUT2D eigenvalue weighted by Crippen LogP contribution is -2.26. The van der Waals surface area contributed by atoms with Crippen LogP contribution in [0.3, 0.4) is 0 Å². The molecule has 0 aliphatic carbocycles. The molecule has 0 bridgehead atoms. The van der Waals surface area contributed by atoms with Crippen LogP contribution in [0.4, 0.5) is 0 Å². The summed E-state index contributed by atoms with van der Waals surface area (Å²) in [5, 5.41) is 11.6. The third kappa shape index (κ3) is 3.07. The maximum Gasteiger partial charge on any atom is 0.317 e. The van der Waals surface area contributed by atoms with E-state index in [2.05, 4.69) is 38.2 Å². The summed E-state index contributed by atoms with van der Waals surface area (Å²) in [6.45, 7) is 8.18. The molecule has 1 rings (SSSR count). The first-order valence-corrected chi connectivity index (χ1v) is 5.44. The lowest BCUT2D eigenvalue weighted by Gasteiger charge is -2.19. The van der Waals surface area contributed by atoms with E-state index in [1.165, 1.54) is 22.3 Å². The second-order valence-corrected chi connectivity index (χ2v) is 4.31. The fraction of sp³-hybridized carbons (Fsp3) is 0.462. The largest absolute Gasteiger partial charge is 0.480 e. The van der Waals surface area contributed by atoms with Crippen molar-refractivity contribution in [3.8, 4) is 0 Å². The van der Waals surface area contributed by atoms with Crippen LogP contribution in [-0.2, 0) is 4.79 Å². The van der Waals surface area contributed by atoms with Gasteiger partial charge in [0.1, 0.15) is 0 Å². The minimum Gasteiger partial charge on any atom is -0.480 e. The Morgan fingerprint density at radius 2 is 1.81 bits per heavy atom. The molecular formula is C13H19NO2. The van der Waals surface area contributed by atoms with E-state index in [1.54, 1.807) is 0 Å². The van der Waals surface area contributed by atoms with Crippen LogP contribution in [0, 0.1) is 20.8 Å². The summed E-state index contributed by atoms with van der Waals surface area (Å²) in [4.78, 5) is 10.5. The quantitative estimate of drug-likeness (QED) is 0.820. The van der Waals surface area contributed by atoms with Gasteiger partial charge in [-0.25, -0.2) is 0 Å². The molecule has 0 aliphatic heterocycles. The number of carboxylic acid groups (broad SMARTS) is 1. The molecule has 0 spiro atoms. The van der Waals surface area contributed by atoms with Crippen LogP contribution in [0.1, 0.15) is 35.2 Å². The van der Waals surface area contributed by atoms with Gasteiger partial charge in [-0.05, 0) is 44.4 Å². The Hall–Kier alpha value is -1.35. The Balaban J connectivity index is 2.90. The molecule has 1 aromatic carbocycles. The second kappa shape index (κ2) is 5.12. The lowest BCUT2D eigenvalue weighted by molar-refractivity contribution is -0.136. The number of nitrogens with one attached hydrogen (secondary N) is 1. The maximum absolute atomic E-state index is 10.5. The summed E-state index contributed by atoms with van der Waals surface area (Å²) >= 11 is 0. The van der Waals surface area contributed by atoms with E-state index in [-0.39, 0.29) is 12.6 Å². The zero-order chi connectivity index (χ0) is 12.3. The molecule has 0 aliphatic rings. The third-order valence-corrected chi connectivity index (χ3v) is 2.73. The highest BCUT2D eigenvalue weighted by Gasteiger charge is 2.12. The smallest absolute Gasteiger partial charge is 0.317 e. The Kier molecular flexibility index (Phi) is 4.07. The molecule has 0 fully saturated rings. The highest BCUT2D eigenvalue weighted by Crippen LogP contribution is 2.22. The van der Waals surface area contributed by atoms with Gasteiger partial charge in [0.15, 0.2) is 0 Å². The van der Waals surface area contributed by atoms with Gasteiger partial charge in [0.2, 0.25) is 0 Å². The average Bonchev–Trinajstić information content (AvgIpc) is 2.12. The predicted octanol–water partition coefficient (Wildman–Crippen LogP) is 2.35. The summed E-state index contributed by atoms with van der Waals surface area (Å²) < 4.78 is 0. The molecule has 1 atom stereocenters. The van der Waals surface area contributed by atoms with Crippen LogP contribution < -0.4 is 5.32 Å². The van der Waals surface area contributed by atoms with Crippen LogP contribution in [0.5, 0.6) is 0 Å². The zero-order valence-electron chi connectivity index (χ0n) is 10.3. The second-order valence-electron chi connectivity index (χ2n) is 4.31. The molecule has 0 aromatic heterocycles. The minimum atomic E-state index is -0.825. The number of hydrogen-bond donors (Lipinski definition) is 2. The average molecular weight is 221 g/mol. The molecule has 16 heavy (non-hydrogen) atoms. The van der Waals surface area contributed by atoms with E-state index in [4.69, 9.17) is 5.11 Å². The molecule has 3 heteroatoms. The van der Waals surface area contributed by atoms with Crippen molar-refractivity contribution in [1.82, 2.24) is 5.32 Å². The number of aryl methyl sites for hydroxylation is 3. The number of rotatable bonds is 4. The van der Waals surface area contributed by atoms with Crippen molar-refractivity contribution < 1.29 is 9.90 Å². The van der Waals surface area contributed by atoms with Crippen molar-refractivity contribution in [1.29, 1.82) is 0 Å². The van der Waals surface area contributed by atoms with Crippen molar-refractivity contribution in [2.24, 2.45) is 0 Å². The third-order valence-electron chi connectivity index (χ3n) is 2.73. The van der Waals surface area contributed by atoms with E-state index in [0.717, 1.165) is 0 Å². The van der Waals surface area contributed by atoms with E-state index in [1.807, 2.05) is 6.92 Å². The van der Waals surface area contributed by atoms with Gasteiger partial charge in [0.05, 0.1) is 6.54 Å². The van der Waals surface area contributed by atoms with Crippen molar-refractivity contribution >= 4 is 5.97 Å². The number of hydrogen-bond acceptors (Lipinski definition) is 2. The van der Waals surface area contributed by atoms with E-state index < -0.39 is 5.97 Å². The minimum absolute atomic E-state index is 0.00603. The normalized spacial score (nSPS) is 12.5. The zero-order valence-corrected chi connectivity index (χ0v) is 10.3. The number of carboxylic acids is 1. The molecule has 0 amide bonds. The molecule has 0 saturated heterocycles. The van der Waals surface area contributed by atoms with E-state index >= 15 is 0 Å². The molecule has 0 radical (unpaired) electrons. The van der Waals surface area contributed by atoms with Crippen LogP contribution in [0.25, 0.3) is 0 Å². The van der Waals surface area contributed by atoms with Crippen LogP contribution in [-0.4, -0.2) is 17.6 Å². The van der Waals surface area contributed by atoms with Crippen molar-refractivity contribution in [3.63, 3.8) is 0 Å². The summed E-state index contributed by atoms with van der Waals surface area (Å²) in [6, 6.07) is 4.32. The number of benzene rings is 1. The molecule has 0 saturated carbocycles. The molecular weight excluding hydrogens is 202 g/mol. The van der Waals surface area contributed by atoms with Gasteiger partial charge in [0, 0.05) is 6.04 Å². The fourth-order valence-electron chi connectivity index (χ4n) is 2.22.